The molecule has 0 radical (unpaired) electrons. The highest BCUT2D eigenvalue weighted by atomic mass is 32.1. The van der Waals surface area contributed by atoms with Gasteiger partial charge in [-0.15, -0.1) is 21.5 Å². The summed E-state index contributed by atoms with van der Waals surface area (Å²) in [5.74, 6) is -1.46. The van der Waals surface area contributed by atoms with E-state index in [0.717, 1.165) is 20.9 Å². The monoisotopic (exact) mass is 494 g/mol. The van der Waals surface area contributed by atoms with Crippen molar-refractivity contribution in [2.45, 2.75) is 12.8 Å². The summed E-state index contributed by atoms with van der Waals surface area (Å²) < 4.78 is 14.1. The van der Waals surface area contributed by atoms with Gasteiger partial charge in [0.1, 0.15) is 11.3 Å². The number of rotatable bonds is 7. The van der Waals surface area contributed by atoms with E-state index in [2.05, 4.69) is 15.5 Å². The van der Waals surface area contributed by atoms with Crippen LogP contribution in [0.15, 0.2) is 66.2 Å². The van der Waals surface area contributed by atoms with Crippen molar-refractivity contribution < 1.29 is 14.0 Å². The van der Waals surface area contributed by atoms with Crippen molar-refractivity contribution in [3.05, 3.63) is 88.0 Å². The number of hydrogen-bond acceptors (Lipinski definition) is 6. The standard InChI is InChI=1S/C25H23FN4O2S2/c1-15(23(31)28-25-29-27-14-33-25)22(18-5-4-6-19(26)13-18)21-12-11-20(34-21)16-7-9-17(10-8-16)24(32)30(2)3/h4-15,22H,1-3H3,(H,28,29,31)/t15-,22-/m0/s1. The van der Waals surface area contributed by atoms with E-state index in [1.807, 2.05) is 37.3 Å². The number of aromatic nitrogens is 2. The van der Waals surface area contributed by atoms with Gasteiger partial charge in [0.2, 0.25) is 11.0 Å². The van der Waals surface area contributed by atoms with Crippen molar-refractivity contribution in [2.75, 3.05) is 19.4 Å². The Kier molecular flexibility index (Phi) is 7.14. The van der Waals surface area contributed by atoms with Crippen LogP contribution in [0.2, 0.25) is 0 Å². The van der Waals surface area contributed by atoms with E-state index in [-0.39, 0.29) is 23.5 Å². The van der Waals surface area contributed by atoms with Crippen LogP contribution in [0.1, 0.15) is 33.6 Å². The predicted molar refractivity (Wildman–Crippen MR) is 134 cm³/mol. The zero-order valence-corrected chi connectivity index (χ0v) is 20.5. The largest absolute Gasteiger partial charge is 0.345 e. The molecule has 6 nitrogen and oxygen atoms in total. The number of anilines is 1. The third-order valence-corrected chi connectivity index (χ3v) is 7.29. The molecule has 2 aromatic carbocycles. The SMILES string of the molecule is C[C@H](C(=O)Nc1nncs1)[C@@H](c1cccc(F)c1)c1ccc(-c2ccc(C(=O)N(C)C)cc2)s1. The molecule has 4 aromatic rings. The van der Waals surface area contributed by atoms with Gasteiger partial charge in [-0.3, -0.25) is 9.59 Å². The van der Waals surface area contributed by atoms with Gasteiger partial charge in [-0.05, 0) is 47.5 Å². The molecule has 0 bridgehead atoms. The van der Waals surface area contributed by atoms with Gasteiger partial charge in [-0.2, -0.15) is 0 Å². The van der Waals surface area contributed by atoms with Crippen molar-refractivity contribution in [1.29, 1.82) is 0 Å². The van der Waals surface area contributed by atoms with Crippen molar-refractivity contribution in [3.63, 3.8) is 0 Å². The molecule has 0 unspecified atom stereocenters. The second-order valence-electron chi connectivity index (χ2n) is 8.03. The first kappa shape index (κ1) is 23.7. The topological polar surface area (TPSA) is 75.2 Å². The first-order chi connectivity index (χ1) is 16.3. The van der Waals surface area contributed by atoms with Gasteiger partial charge in [-0.25, -0.2) is 4.39 Å². The molecule has 0 fully saturated rings. The Hall–Kier alpha value is -3.43. The minimum Gasteiger partial charge on any atom is -0.345 e. The lowest BCUT2D eigenvalue weighted by Crippen LogP contribution is -2.26. The number of carbonyl (C=O) groups excluding carboxylic acids is 2. The van der Waals surface area contributed by atoms with E-state index in [1.54, 1.807) is 49.1 Å². The molecule has 0 saturated heterocycles. The summed E-state index contributed by atoms with van der Waals surface area (Å²) in [5, 5.41) is 10.9. The highest BCUT2D eigenvalue weighted by Gasteiger charge is 2.29. The molecule has 4 rings (SSSR count). The number of carbonyl (C=O) groups is 2. The summed E-state index contributed by atoms with van der Waals surface area (Å²) in [6.45, 7) is 1.83. The van der Waals surface area contributed by atoms with Crippen molar-refractivity contribution in [3.8, 4) is 10.4 Å². The minimum absolute atomic E-state index is 0.0557. The molecule has 0 aliphatic heterocycles. The number of benzene rings is 2. The second-order valence-corrected chi connectivity index (χ2v) is 9.98. The minimum atomic E-state index is -0.489. The van der Waals surface area contributed by atoms with Crippen LogP contribution in [-0.2, 0) is 4.79 Å². The van der Waals surface area contributed by atoms with Gasteiger partial charge in [-0.1, -0.05) is 42.5 Å². The molecular formula is C25H23FN4O2S2. The molecule has 2 amide bonds. The normalized spacial score (nSPS) is 12.7. The Morgan fingerprint density at radius 3 is 2.47 bits per heavy atom. The van der Waals surface area contributed by atoms with E-state index in [4.69, 9.17) is 0 Å². The van der Waals surface area contributed by atoms with Crippen LogP contribution < -0.4 is 5.32 Å². The number of halogens is 1. The van der Waals surface area contributed by atoms with E-state index >= 15 is 0 Å². The summed E-state index contributed by atoms with van der Waals surface area (Å²) in [4.78, 5) is 28.7. The predicted octanol–water partition coefficient (Wildman–Crippen LogP) is 5.51. The van der Waals surface area contributed by atoms with Crippen LogP contribution in [0, 0.1) is 11.7 Å². The zero-order valence-electron chi connectivity index (χ0n) is 18.9. The van der Waals surface area contributed by atoms with Crippen LogP contribution in [0.5, 0.6) is 0 Å². The Morgan fingerprint density at radius 1 is 1.06 bits per heavy atom. The first-order valence-corrected chi connectivity index (χ1v) is 12.3. The summed E-state index contributed by atoms with van der Waals surface area (Å²) in [6, 6.07) is 17.8. The number of amides is 2. The summed E-state index contributed by atoms with van der Waals surface area (Å²) in [7, 11) is 3.44. The molecule has 2 atom stereocenters. The molecule has 2 aromatic heterocycles. The van der Waals surface area contributed by atoms with Crippen LogP contribution in [0.4, 0.5) is 9.52 Å². The highest BCUT2D eigenvalue weighted by Crippen LogP contribution is 2.40. The van der Waals surface area contributed by atoms with Gasteiger partial charge in [0.25, 0.3) is 5.91 Å². The Bertz CT molecular complexity index is 1290. The summed E-state index contributed by atoms with van der Waals surface area (Å²) in [6.07, 6.45) is 0. The van der Waals surface area contributed by atoms with Gasteiger partial charge < -0.3 is 10.2 Å². The number of thiophene rings is 1. The third kappa shape index (κ3) is 5.21. The fourth-order valence-corrected chi connectivity index (χ4v) is 5.40. The fourth-order valence-electron chi connectivity index (χ4n) is 3.71. The quantitative estimate of drug-likeness (QED) is 0.367. The lowest BCUT2D eigenvalue weighted by Gasteiger charge is -2.22. The Morgan fingerprint density at radius 2 is 1.82 bits per heavy atom. The molecule has 1 N–H and O–H groups in total. The van der Waals surface area contributed by atoms with Crippen molar-refractivity contribution in [2.24, 2.45) is 5.92 Å². The third-order valence-electron chi connectivity index (χ3n) is 5.47. The average Bonchev–Trinajstić information content (AvgIpc) is 3.51. The van der Waals surface area contributed by atoms with E-state index in [9.17, 15) is 14.0 Å². The van der Waals surface area contributed by atoms with Gasteiger partial charge in [0.15, 0.2) is 0 Å². The summed E-state index contributed by atoms with van der Waals surface area (Å²) in [5.41, 5.74) is 3.86. The average molecular weight is 495 g/mol. The fraction of sp³-hybridized carbons (Fsp3) is 0.200. The van der Waals surface area contributed by atoms with Gasteiger partial charge in [0.05, 0.1) is 0 Å². The number of hydrogen-bond donors (Lipinski definition) is 1. The van der Waals surface area contributed by atoms with E-state index < -0.39 is 5.92 Å². The Balaban J connectivity index is 1.65. The number of nitrogens with zero attached hydrogens (tertiary/aromatic N) is 3. The van der Waals surface area contributed by atoms with Crippen LogP contribution in [-0.4, -0.2) is 41.0 Å². The Labute approximate surface area is 205 Å². The molecule has 0 spiro atoms. The second kappa shape index (κ2) is 10.2. The molecule has 174 valence electrons. The molecule has 9 heteroatoms. The van der Waals surface area contributed by atoms with E-state index in [0.29, 0.717) is 10.7 Å². The maximum absolute atomic E-state index is 14.1. The van der Waals surface area contributed by atoms with Crippen LogP contribution >= 0.6 is 22.7 Å². The van der Waals surface area contributed by atoms with E-state index in [1.165, 1.54) is 28.4 Å². The highest BCUT2D eigenvalue weighted by molar-refractivity contribution is 7.15. The van der Waals surface area contributed by atoms with Crippen LogP contribution in [0.3, 0.4) is 0 Å². The molecule has 0 aliphatic rings. The van der Waals surface area contributed by atoms with Crippen molar-refractivity contribution in [1.82, 2.24) is 15.1 Å². The zero-order chi connectivity index (χ0) is 24.2. The molecule has 34 heavy (non-hydrogen) atoms. The van der Waals surface area contributed by atoms with Gasteiger partial charge >= 0.3 is 0 Å². The van der Waals surface area contributed by atoms with Crippen LogP contribution in [0.25, 0.3) is 10.4 Å². The molecular weight excluding hydrogens is 471 g/mol. The molecule has 0 aliphatic carbocycles. The lowest BCUT2D eigenvalue weighted by molar-refractivity contribution is -0.119. The first-order valence-electron chi connectivity index (χ1n) is 10.6. The summed E-state index contributed by atoms with van der Waals surface area (Å²) >= 11 is 2.79. The van der Waals surface area contributed by atoms with Gasteiger partial charge in [0, 0.05) is 41.2 Å². The molecule has 2 heterocycles. The smallest absolute Gasteiger partial charge is 0.253 e. The maximum Gasteiger partial charge on any atom is 0.253 e. The molecule has 0 saturated carbocycles. The van der Waals surface area contributed by atoms with Crippen molar-refractivity contribution >= 4 is 39.6 Å². The number of nitrogens with one attached hydrogen (secondary N) is 1. The lowest BCUT2D eigenvalue weighted by atomic mass is 9.85. The maximum atomic E-state index is 14.1.